The number of rotatable bonds is 5. The lowest BCUT2D eigenvalue weighted by molar-refractivity contribution is 0.574. The third kappa shape index (κ3) is 3.25. The van der Waals surface area contributed by atoms with Gasteiger partial charge in [0.05, 0.1) is 11.4 Å². The Kier molecular flexibility index (Phi) is 4.56. The maximum Gasteiger partial charge on any atom is 0.242 e. The molecule has 0 unspecified atom stereocenters. The van der Waals surface area contributed by atoms with Gasteiger partial charge in [-0.1, -0.05) is 6.07 Å². The van der Waals surface area contributed by atoms with Crippen molar-refractivity contribution in [3.63, 3.8) is 0 Å². The fraction of sp³-hybridized carbons (Fsp3) is 0.333. The monoisotopic (exact) mass is 358 g/mol. The number of hydrogen-bond acceptors (Lipinski definition) is 4. The highest BCUT2D eigenvalue weighted by molar-refractivity contribution is 9.10. The third-order valence-electron chi connectivity index (χ3n) is 2.83. The van der Waals surface area contributed by atoms with E-state index in [-0.39, 0.29) is 11.4 Å². The van der Waals surface area contributed by atoms with E-state index in [0.29, 0.717) is 16.8 Å². The molecule has 1 aromatic carbocycles. The first-order valence-corrected chi connectivity index (χ1v) is 8.34. The summed E-state index contributed by atoms with van der Waals surface area (Å²) >= 11 is 3.28. The van der Waals surface area contributed by atoms with E-state index < -0.39 is 10.0 Å². The predicted octanol–water partition coefficient (Wildman–Crippen LogP) is 1.85. The van der Waals surface area contributed by atoms with Gasteiger partial charge in [0.25, 0.3) is 0 Å². The Morgan fingerprint density at radius 2 is 2.15 bits per heavy atom. The van der Waals surface area contributed by atoms with Crippen LogP contribution in [0.5, 0.6) is 0 Å². The van der Waals surface area contributed by atoms with Crippen LogP contribution in [0.3, 0.4) is 0 Å². The van der Waals surface area contributed by atoms with Gasteiger partial charge in [-0.3, -0.25) is 0 Å². The molecule has 6 nitrogen and oxygen atoms in total. The molecule has 2 aromatic rings. The summed E-state index contributed by atoms with van der Waals surface area (Å²) < 4.78 is 29.4. The van der Waals surface area contributed by atoms with Gasteiger partial charge in [-0.2, -0.15) is 0 Å². The molecule has 1 N–H and O–H groups in total. The van der Waals surface area contributed by atoms with Gasteiger partial charge in [0, 0.05) is 11.0 Å². The largest absolute Gasteiger partial charge is 0.317 e. The topological polar surface area (TPSA) is 76.9 Å². The van der Waals surface area contributed by atoms with Crippen molar-refractivity contribution in [3.8, 4) is 0 Å². The number of hydrogen-bond donors (Lipinski definition) is 1. The average Bonchev–Trinajstić information content (AvgIpc) is 2.83. The highest BCUT2D eigenvalue weighted by atomic mass is 79.9. The number of sulfonamides is 1. The van der Waals surface area contributed by atoms with Crippen molar-refractivity contribution in [3.05, 3.63) is 40.4 Å². The van der Waals surface area contributed by atoms with E-state index in [1.54, 1.807) is 29.1 Å². The van der Waals surface area contributed by atoms with Gasteiger partial charge in [0.1, 0.15) is 12.2 Å². The van der Waals surface area contributed by atoms with Crippen molar-refractivity contribution < 1.29 is 8.42 Å². The van der Waals surface area contributed by atoms with Crippen molar-refractivity contribution in [1.82, 2.24) is 19.5 Å². The molecule has 1 aromatic heterocycles. The van der Waals surface area contributed by atoms with Crippen LogP contribution in [0.1, 0.15) is 18.3 Å². The molecule has 0 fully saturated rings. The molecular weight excluding hydrogens is 344 g/mol. The van der Waals surface area contributed by atoms with E-state index in [9.17, 15) is 8.42 Å². The maximum absolute atomic E-state index is 12.3. The minimum absolute atomic E-state index is 0.108. The van der Waals surface area contributed by atoms with E-state index in [2.05, 4.69) is 30.8 Å². The molecular formula is C12H15BrN4O2S. The molecule has 0 saturated carbocycles. The van der Waals surface area contributed by atoms with E-state index >= 15 is 0 Å². The highest BCUT2D eigenvalue weighted by Gasteiger charge is 2.18. The molecule has 0 bridgehead atoms. The quantitative estimate of drug-likeness (QED) is 0.884. The lowest BCUT2D eigenvalue weighted by Crippen LogP contribution is -2.25. The summed E-state index contributed by atoms with van der Waals surface area (Å²) in [5.74, 6) is 0.583. The van der Waals surface area contributed by atoms with Crippen LogP contribution in [0.2, 0.25) is 0 Å². The first-order valence-electron chi connectivity index (χ1n) is 6.06. The van der Waals surface area contributed by atoms with Crippen LogP contribution in [0.15, 0.2) is 33.9 Å². The van der Waals surface area contributed by atoms with E-state index in [4.69, 9.17) is 0 Å². The number of benzene rings is 1. The normalized spacial score (nSPS) is 11.8. The lowest BCUT2D eigenvalue weighted by Gasteiger charge is -2.09. The number of nitrogens with zero attached hydrogens (tertiary/aromatic N) is 3. The van der Waals surface area contributed by atoms with Gasteiger partial charge in [-0.25, -0.2) is 13.1 Å². The summed E-state index contributed by atoms with van der Waals surface area (Å²) in [6.07, 6.45) is 1.57. The first kappa shape index (κ1) is 15.1. The van der Waals surface area contributed by atoms with Crippen molar-refractivity contribution in [1.29, 1.82) is 0 Å². The maximum atomic E-state index is 12.3. The van der Waals surface area contributed by atoms with Crippen molar-refractivity contribution in [2.45, 2.75) is 31.8 Å². The third-order valence-corrected chi connectivity index (χ3v) is 5.21. The zero-order valence-electron chi connectivity index (χ0n) is 11.2. The van der Waals surface area contributed by atoms with Gasteiger partial charge in [-0.15, -0.1) is 10.2 Å². The Hall–Kier alpha value is -1.25. The summed E-state index contributed by atoms with van der Waals surface area (Å²) in [5.41, 5.74) is 0.988. The van der Waals surface area contributed by atoms with Crippen molar-refractivity contribution >= 4 is 26.0 Å². The first-order chi connectivity index (χ1) is 9.44. The second-order valence-corrected chi connectivity index (χ2v) is 6.88. The highest BCUT2D eigenvalue weighted by Crippen LogP contribution is 2.22. The minimum atomic E-state index is -3.59. The van der Waals surface area contributed by atoms with E-state index in [1.807, 2.05) is 13.8 Å². The summed E-state index contributed by atoms with van der Waals surface area (Å²) in [6.45, 7) is 4.64. The summed E-state index contributed by atoms with van der Waals surface area (Å²) in [4.78, 5) is 0.214. The lowest BCUT2D eigenvalue weighted by atomic mass is 10.2. The molecule has 0 spiro atoms. The van der Waals surface area contributed by atoms with Gasteiger partial charge >= 0.3 is 0 Å². The molecule has 0 saturated heterocycles. The number of aryl methyl sites for hydroxylation is 2. The fourth-order valence-corrected chi connectivity index (χ4v) is 3.91. The molecule has 2 rings (SSSR count). The Labute approximate surface area is 126 Å². The van der Waals surface area contributed by atoms with Crippen LogP contribution in [-0.4, -0.2) is 23.2 Å². The van der Waals surface area contributed by atoms with Crippen LogP contribution >= 0.6 is 15.9 Å². The molecule has 0 amide bonds. The Morgan fingerprint density at radius 3 is 2.80 bits per heavy atom. The SMILES string of the molecule is CCn1cnnc1CNS(=O)(=O)c1ccc(C)cc1Br. The van der Waals surface area contributed by atoms with Gasteiger partial charge in [0.2, 0.25) is 10.0 Å². The Morgan fingerprint density at radius 1 is 1.40 bits per heavy atom. The second-order valence-electron chi connectivity index (χ2n) is 4.29. The predicted molar refractivity (Wildman–Crippen MR) is 78.6 cm³/mol. The Balaban J connectivity index is 2.19. The standard InChI is InChI=1S/C12H15BrN4O2S/c1-3-17-8-14-16-12(17)7-15-20(18,19)11-5-4-9(2)6-10(11)13/h4-6,8,15H,3,7H2,1-2H3. The average molecular weight is 359 g/mol. The van der Waals surface area contributed by atoms with Crippen LogP contribution < -0.4 is 4.72 Å². The second kappa shape index (κ2) is 6.02. The van der Waals surface area contributed by atoms with Gasteiger partial charge < -0.3 is 4.57 Å². The van der Waals surface area contributed by atoms with Gasteiger partial charge in [-0.05, 0) is 47.5 Å². The molecule has 0 aliphatic carbocycles. The summed E-state index contributed by atoms with van der Waals surface area (Å²) in [7, 11) is -3.59. The summed E-state index contributed by atoms with van der Waals surface area (Å²) in [6, 6.07) is 5.10. The van der Waals surface area contributed by atoms with Crippen molar-refractivity contribution in [2.75, 3.05) is 0 Å². The Bertz CT molecular complexity index is 712. The van der Waals surface area contributed by atoms with E-state index in [1.165, 1.54) is 0 Å². The fourth-order valence-electron chi connectivity index (χ4n) is 1.74. The molecule has 0 aliphatic rings. The zero-order chi connectivity index (χ0) is 14.8. The molecule has 0 radical (unpaired) electrons. The zero-order valence-corrected chi connectivity index (χ0v) is 13.6. The minimum Gasteiger partial charge on any atom is -0.317 e. The molecule has 8 heteroatoms. The van der Waals surface area contributed by atoms with E-state index in [0.717, 1.165) is 5.56 Å². The van der Waals surface area contributed by atoms with Crippen molar-refractivity contribution in [2.24, 2.45) is 0 Å². The number of aromatic nitrogens is 3. The molecule has 1 heterocycles. The van der Waals surface area contributed by atoms with Crippen LogP contribution in [0.4, 0.5) is 0 Å². The van der Waals surface area contributed by atoms with Gasteiger partial charge in [0.15, 0.2) is 0 Å². The molecule has 0 aliphatic heterocycles. The molecule has 20 heavy (non-hydrogen) atoms. The number of nitrogens with one attached hydrogen (secondary N) is 1. The molecule has 0 atom stereocenters. The van der Waals surface area contributed by atoms with Crippen LogP contribution in [0.25, 0.3) is 0 Å². The molecule has 108 valence electrons. The smallest absolute Gasteiger partial charge is 0.242 e. The number of halogens is 1. The van der Waals surface area contributed by atoms with Crippen LogP contribution in [0, 0.1) is 6.92 Å². The summed E-state index contributed by atoms with van der Waals surface area (Å²) in [5, 5.41) is 7.66. The van der Waals surface area contributed by atoms with Crippen LogP contribution in [-0.2, 0) is 23.1 Å².